The first-order valence-corrected chi connectivity index (χ1v) is 8.63. The van der Waals surface area contributed by atoms with Gasteiger partial charge in [0.15, 0.2) is 0 Å². The van der Waals surface area contributed by atoms with Crippen molar-refractivity contribution < 1.29 is 18.3 Å². The summed E-state index contributed by atoms with van der Waals surface area (Å²) in [6.07, 6.45) is 0. The van der Waals surface area contributed by atoms with Gasteiger partial charge in [-0.05, 0) is 34.1 Å². The van der Waals surface area contributed by atoms with Crippen LogP contribution >= 0.6 is 38.9 Å². The number of carboxylic acid groups (broad SMARTS) is 1. The molecule has 0 saturated carbocycles. The minimum absolute atomic E-state index is 0.0458. The third-order valence-corrected chi connectivity index (χ3v) is 6.10. The third-order valence-electron chi connectivity index (χ3n) is 2.29. The van der Waals surface area contributed by atoms with Crippen molar-refractivity contribution in [3.8, 4) is 0 Å². The van der Waals surface area contributed by atoms with Crippen molar-refractivity contribution in [1.82, 2.24) is 0 Å². The Labute approximate surface area is 132 Å². The molecule has 2 N–H and O–H groups in total. The highest BCUT2D eigenvalue weighted by atomic mass is 79.9. The molecule has 5 nitrogen and oxygen atoms in total. The van der Waals surface area contributed by atoms with E-state index in [0.29, 0.717) is 9.50 Å². The van der Waals surface area contributed by atoms with Crippen molar-refractivity contribution in [1.29, 1.82) is 0 Å². The zero-order chi connectivity index (χ0) is 14.9. The van der Waals surface area contributed by atoms with Crippen LogP contribution in [0.4, 0.5) is 5.69 Å². The van der Waals surface area contributed by atoms with Gasteiger partial charge in [0.25, 0.3) is 10.0 Å². The van der Waals surface area contributed by atoms with Gasteiger partial charge in [0, 0.05) is 5.38 Å². The number of halogens is 2. The maximum absolute atomic E-state index is 12.1. The normalized spacial score (nSPS) is 11.3. The quantitative estimate of drug-likeness (QED) is 0.826. The van der Waals surface area contributed by atoms with Gasteiger partial charge in [-0.25, -0.2) is 13.2 Å². The molecule has 1 aromatic heterocycles. The lowest BCUT2D eigenvalue weighted by Gasteiger charge is -2.09. The van der Waals surface area contributed by atoms with E-state index in [1.165, 1.54) is 11.4 Å². The van der Waals surface area contributed by atoms with Crippen LogP contribution in [0.1, 0.15) is 9.67 Å². The Bertz CT molecular complexity index is 772. The lowest BCUT2D eigenvalue weighted by molar-refractivity contribution is 0.0702. The van der Waals surface area contributed by atoms with Gasteiger partial charge >= 0.3 is 5.97 Å². The highest BCUT2D eigenvalue weighted by molar-refractivity contribution is 9.10. The molecule has 106 valence electrons. The van der Waals surface area contributed by atoms with Crippen molar-refractivity contribution in [3.63, 3.8) is 0 Å². The Balaban J connectivity index is 2.35. The molecule has 0 saturated heterocycles. The summed E-state index contributed by atoms with van der Waals surface area (Å²) < 4.78 is 27.0. The molecule has 0 radical (unpaired) electrons. The molecule has 1 heterocycles. The molecule has 0 aliphatic carbocycles. The second-order valence-electron chi connectivity index (χ2n) is 3.66. The third kappa shape index (κ3) is 3.14. The number of sulfonamides is 1. The zero-order valence-electron chi connectivity index (χ0n) is 9.63. The van der Waals surface area contributed by atoms with Crippen LogP contribution < -0.4 is 4.72 Å². The molecule has 0 aliphatic heterocycles. The average molecular weight is 397 g/mol. The summed E-state index contributed by atoms with van der Waals surface area (Å²) in [6, 6.07) is 5.85. The van der Waals surface area contributed by atoms with E-state index in [4.69, 9.17) is 16.7 Å². The van der Waals surface area contributed by atoms with E-state index < -0.39 is 16.0 Å². The second kappa shape index (κ2) is 5.72. The van der Waals surface area contributed by atoms with E-state index in [9.17, 15) is 13.2 Å². The van der Waals surface area contributed by atoms with Crippen molar-refractivity contribution in [3.05, 3.63) is 44.0 Å². The maximum Gasteiger partial charge on any atom is 0.345 e. The van der Waals surface area contributed by atoms with Crippen LogP contribution in [0, 0.1) is 0 Å². The Morgan fingerprint density at radius 3 is 2.70 bits per heavy atom. The number of anilines is 1. The first kappa shape index (κ1) is 15.3. The number of nitrogens with one attached hydrogen (secondary N) is 1. The molecule has 0 spiro atoms. The van der Waals surface area contributed by atoms with Crippen molar-refractivity contribution >= 4 is 60.5 Å². The first-order chi connectivity index (χ1) is 9.31. The molecule has 0 unspecified atom stereocenters. The molecular formula is C11H7BrClNO4S2. The molecule has 2 rings (SSSR count). The van der Waals surface area contributed by atoms with Gasteiger partial charge in [0.1, 0.15) is 4.88 Å². The SMILES string of the molecule is O=C(O)c1cc(S(=O)(=O)Nc2cccc(Cl)c2Br)cs1. The summed E-state index contributed by atoms with van der Waals surface area (Å²) in [5, 5.41) is 10.4. The van der Waals surface area contributed by atoms with Crippen molar-refractivity contribution in [2.24, 2.45) is 0 Å². The largest absolute Gasteiger partial charge is 0.477 e. The summed E-state index contributed by atoms with van der Waals surface area (Å²) in [6.45, 7) is 0. The van der Waals surface area contributed by atoms with E-state index in [1.54, 1.807) is 12.1 Å². The number of carbonyl (C=O) groups is 1. The lowest BCUT2D eigenvalue weighted by Crippen LogP contribution is -2.12. The molecule has 0 fully saturated rings. The number of thiophene rings is 1. The molecule has 20 heavy (non-hydrogen) atoms. The molecular weight excluding hydrogens is 390 g/mol. The zero-order valence-corrected chi connectivity index (χ0v) is 13.6. The summed E-state index contributed by atoms with van der Waals surface area (Å²) in [5.41, 5.74) is 0.278. The fourth-order valence-corrected chi connectivity index (χ4v) is 4.21. The van der Waals surface area contributed by atoms with Crippen molar-refractivity contribution in [2.45, 2.75) is 4.90 Å². The second-order valence-corrected chi connectivity index (χ2v) is 7.45. The van der Waals surface area contributed by atoms with Crippen LogP contribution in [0.25, 0.3) is 0 Å². The van der Waals surface area contributed by atoms with Crippen LogP contribution in [0.2, 0.25) is 5.02 Å². The van der Waals surface area contributed by atoms with Crippen LogP contribution in [-0.2, 0) is 10.0 Å². The number of hydrogen-bond donors (Lipinski definition) is 2. The topological polar surface area (TPSA) is 83.5 Å². The molecule has 1 aromatic carbocycles. The van der Waals surface area contributed by atoms with E-state index in [-0.39, 0.29) is 15.5 Å². The van der Waals surface area contributed by atoms with E-state index >= 15 is 0 Å². The predicted molar refractivity (Wildman–Crippen MR) is 81.2 cm³/mol. The van der Waals surface area contributed by atoms with E-state index in [0.717, 1.165) is 17.4 Å². The van der Waals surface area contributed by atoms with Gasteiger partial charge in [-0.2, -0.15) is 0 Å². The number of aromatic carboxylic acids is 1. The molecule has 0 amide bonds. The monoisotopic (exact) mass is 395 g/mol. The Morgan fingerprint density at radius 1 is 1.40 bits per heavy atom. The fourth-order valence-electron chi connectivity index (χ4n) is 1.36. The number of rotatable bonds is 4. The van der Waals surface area contributed by atoms with E-state index in [2.05, 4.69) is 20.7 Å². The lowest BCUT2D eigenvalue weighted by atomic mass is 10.3. The standard InChI is InChI=1S/C11H7BrClNO4S2/c12-10-7(13)2-1-3-8(10)14-20(17,18)6-4-9(11(15)16)19-5-6/h1-5,14H,(H,15,16). The Kier molecular flexibility index (Phi) is 4.38. The minimum atomic E-state index is -3.86. The highest BCUT2D eigenvalue weighted by Crippen LogP contribution is 2.32. The maximum atomic E-state index is 12.1. The number of benzene rings is 1. The average Bonchev–Trinajstić information content (AvgIpc) is 2.85. The number of hydrogen-bond acceptors (Lipinski definition) is 4. The highest BCUT2D eigenvalue weighted by Gasteiger charge is 2.20. The Hall–Kier alpha value is -1.09. The molecule has 9 heteroatoms. The van der Waals surface area contributed by atoms with Crippen LogP contribution in [0.3, 0.4) is 0 Å². The molecule has 0 atom stereocenters. The van der Waals surface area contributed by atoms with Gasteiger partial charge in [0.05, 0.1) is 20.1 Å². The summed E-state index contributed by atoms with van der Waals surface area (Å²) in [4.78, 5) is 10.6. The predicted octanol–water partition coefficient (Wildman–Crippen LogP) is 3.66. The smallest absolute Gasteiger partial charge is 0.345 e. The van der Waals surface area contributed by atoms with E-state index in [1.807, 2.05) is 0 Å². The molecule has 2 aromatic rings. The van der Waals surface area contributed by atoms with Crippen LogP contribution in [0.15, 0.2) is 39.0 Å². The molecule has 0 aliphatic rings. The summed E-state index contributed by atoms with van der Waals surface area (Å²) >= 11 is 9.91. The van der Waals surface area contributed by atoms with Gasteiger partial charge in [-0.15, -0.1) is 11.3 Å². The first-order valence-electron chi connectivity index (χ1n) is 5.10. The van der Waals surface area contributed by atoms with Gasteiger partial charge in [0.2, 0.25) is 0 Å². The van der Waals surface area contributed by atoms with Crippen molar-refractivity contribution in [2.75, 3.05) is 4.72 Å². The van der Waals surface area contributed by atoms with Gasteiger partial charge in [-0.3, -0.25) is 4.72 Å². The fraction of sp³-hybridized carbons (Fsp3) is 0. The minimum Gasteiger partial charge on any atom is -0.477 e. The van der Waals surface area contributed by atoms with Crippen LogP contribution in [0.5, 0.6) is 0 Å². The van der Waals surface area contributed by atoms with Gasteiger partial charge in [-0.1, -0.05) is 17.7 Å². The van der Waals surface area contributed by atoms with Crippen LogP contribution in [-0.4, -0.2) is 19.5 Å². The Morgan fingerprint density at radius 2 is 2.10 bits per heavy atom. The van der Waals surface area contributed by atoms with Gasteiger partial charge < -0.3 is 5.11 Å². The molecule has 0 bridgehead atoms. The summed E-state index contributed by atoms with van der Waals surface area (Å²) in [5.74, 6) is -1.17. The summed E-state index contributed by atoms with van der Waals surface area (Å²) in [7, 11) is -3.86. The number of carboxylic acids is 1.